The van der Waals surface area contributed by atoms with Crippen molar-refractivity contribution in [2.45, 2.75) is 45.7 Å². The molecule has 0 aromatic rings. The van der Waals surface area contributed by atoms with Gasteiger partial charge in [-0.2, -0.15) is 0 Å². The van der Waals surface area contributed by atoms with E-state index in [1.165, 1.54) is 0 Å². The summed E-state index contributed by atoms with van der Waals surface area (Å²) in [5, 5.41) is 3.23. The van der Waals surface area contributed by atoms with Crippen LogP contribution in [0.15, 0.2) is 0 Å². The maximum Gasteiger partial charge on any atom is 0.326 e. The van der Waals surface area contributed by atoms with Gasteiger partial charge in [-0.1, -0.05) is 6.92 Å². The van der Waals surface area contributed by atoms with Crippen LogP contribution in [0.3, 0.4) is 0 Å². The molecule has 0 amide bonds. The van der Waals surface area contributed by atoms with E-state index < -0.39 is 5.54 Å². The number of carbonyl (C=O) groups excluding carboxylic acids is 1. The van der Waals surface area contributed by atoms with E-state index in [0.29, 0.717) is 12.6 Å². The highest BCUT2D eigenvalue weighted by Crippen LogP contribution is 2.17. The number of esters is 1. The zero-order valence-corrected chi connectivity index (χ0v) is 11.5. The molecule has 4 heteroatoms. The summed E-state index contributed by atoms with van der Waals surface area (Å²) in [5.41, 5.74) is -0.589. The number of hydrogen-bond acceptors (Lipinski definition) is 4. The van der Waals surface area contributed by atoms with Crippen molar-refractivity contribution in [2.24, 2.45) is 0 Å². The summed E-state index contributed by atoms with van der Waals surface area (Å²) >= 11 is 0. The molecule has 0 bridgehead atoms. The Labute approximate surface area is 99.3 Å². The van der Waals surface area contributed by atoms with Crippen LogP contribution in [-0.4, -0.2) is 49.7 Å². The lowest BCUT2D eigenvalue weighted by Gasteiger charge is -2.33. The van der Waals surface area contributed by atoms with Gasteiger partial charge in [-0.15, -0.1) is 0 Å². The maximum absolute atomic E-state index is 11.9. The average molecular weight is 230 g/mol. The van der Waals surface area contributed by atoms with Gasteiger partial charge in [-0.25, -0.2) is 0 Å². The first-order valence-electron chi connectivity index (χ1n) is 5.96. The first kappa shape index (κ1) is 15.4. The molecule has 0 fully saturated rings. The zero-order chi connectivity index (χ0) is 12.8. The first-order valence-corrected chi connectivity index (χ1v) is 5.96. The van der Waals surface area contributed by atoms with Gasteiger partial charge in [0, 0.05) is 6.04 Å². The van der Waals surface area contributed by atoms with Gasteiger partial charge in [0.2, 0.25) is 0 Å². The van der Waals surface area contributed by atoms with Crippen molar-refractivity contribution < 1.29 is 9.53 Å². The van der Waals surface area contributed by atoms with Gasteiger partial charge in [0.15, 0.2) is 0 Å². The van der Waals surface area contributed by atoms with E-state index >= 15 is 0 Å². The van der Waals surface area contributed by atoms with E-state index in [0.717, 1.165) is 13.0 Å². The fourth-order valence-electron chi connectivity index (χ4n) is 1.68. The quantitative estimate of drug-likeness (QED) is 0.669. The molecule has 0 radical (unpaired) electrons. The lowest BCUT2D eigenvalue weighted by Crippen LogP contribution is -2.53. The van der Waals surface area contributed by atoms with Crippen LogP contribution in [0.2, 0.25) is 0 Å². The molecule has 0 aromatic heterocycles. The molecular formula is C12H26N2O2. The van der Waals surface area contributed by atoms with Crippen molar-refractivity contribution >= 4 is 5.97 Å². The van der Waals surface area contributed by atoms with E-state index in [2.05, 4.69) is 17.1 Å². The molecule has 16 heavy (non-hydrogen) atoms. The Morgan fingerprint density at radius 3 is 2.38 bits per heavy atom. The van der Waals surface area contributed by atoms with Gasteiger partial charge in [0.05, 0.1) is 6.61 Å². The lowest BCUT2D eigenvalue weighted by molar-refractivity contribution is -0.151. The van der Waals surface area contributed by atoms with Crippen molar-refractivity contribution in [3.8, 4) is 0 Å². The highest BCUT2D eigenvalue weighted by atomic mass is 16.5. The largest absolute Gasteiger partial charge is 0.465 e. The molecule has 96 valence electrons. The van der Waals surface area contributed by atoms with Gasteiger partial charge < -0.3 is 15.0 Å². The molecule has 0 aromatic carbocycles. The van der Waals surface area contributed by atoms with Crippen LogP contribution in [0, 0.1) is 0 Å². The molecule has 1 N–H and O–H groups in total. The van der Waals surface area contributed by atoms with Gasteiger partial charge in [0.25, 0.3) is 0 Å². The van der Waals surface area contributed by atoms with E-state index in [1.54, 1.807) is 0 Å². The van der Waals surface area contributed by atoms with Crippen molar-refractivity contribution in [3.05, 3.63) is 0 Å². The van der Waals surface area contributed by atoms with Crippen LogP contribution >= 0.6 is 0 Å². The number of ether oxygens (including phenoxy) is 1. The molecule has 0 saturated carbocycles. The molecule has 0 aliphatic rings. The summed E-state index contributed by atoms with van der Waals surface area (Å²) in [7, 11) is 4.03. The molecule has 0 aliphatic carbocycles. The van der Waals surface area contributed by atoms with E-state index in [9.17, 15) is 4.79 Å². The molecule has 0 heterocycles. The molecule has 2 unspecified atom stereocenters. The standard InChI is InChI=1S/C12H26N2O2/c1-7-13-12(4,11(15)16-8-2)9-10(3)14(5)6/h10,13H,7-9H2,1-6H3. The SMILES string of the molecule is CCNC(C)(CC(C)N(C)C)C(=O)OCC. The molecule has 0 rings (SSSR count). The Morgan fingerprint density at radius 2 is 2.00 bits per heavy atom. The summed E-state index contributed by atoms with van der Waals surface area (Å²) < 4.78 is 5.12. The molecule has 0 saturated heterocycles. The van der Waals surface area contributed by atoms with Crippen LogP contribution in [-0.2, 0) is 9.53 Å². The van der Waals surface area contributed by atoms with E-state index in [4.69, 9.17) is 4.74 Å². The fourth-order valence-corrected chi connectivity index (χ4v) is 1.68. The van der Waals surface area contributed by atoms with Crippen LogP contribution in [0.5, 0.6) is 0 Å². The maximum atomic E-state index is 11.9. The average Bonchev–Trinajstić information content (AvgIpc) is 2.18. The number of likely N-dealkylation sites (N-methyl/N-ethyl adjacent to an activating group) is 1. The number of nitrogens with one attached hydrogen (secondary N) is 1. The molecule has 2 atom stereocenters. The second-order valence-electron chi connectivity index (χ2n) is 4.60. The highest BCUT2D eigenvalue weighted by Gasteiger charge is 2.35. The van der Waals surface area contributed by atoms with Crippen molar-refractivity contribution in [1.82, 2.24) is 10.2 Å². The predicted molar refractivity (Wildman–Crippen MR) is 66.5 cm³/mol. The Hall–Kier alpha value is -0.610. The number of rotatable bonds is 7. The summed E-state index contributed by atoms with van der Waals surface area (Å²) in [6, 6.07) is 0.327. The minimum absolute atomic E-state index is 0.162. The second-order valence-corrected chi connectivity index (χ2v) is 4.60. The number of hydrogen-bond donors (Lipinski definition) is 1. The molecule has 0 aliphatic heterocycles. The normalized spacial score (nSPS) is 16.9. The number of carbonyl (C=O) groups is 1. The minimum atomic E-state index is -0.589. The zero-order valence-electron chi connectivity index (χ0n) is 11.5. The van der Waals surface area contributed by atoms with Gasteiger partial charge in [0.1, 0.15) is 5.54 Å². The van der Waals surface area contributed by atoms with Crippen molar-refractivity contribution in [2.75, 3.05) is 27.2 Å². The second kappa shape index (κ2) is 6.86. The topological polar surface area (TPSA) is 41.6 Å². The summed E-state index contributed by atoms with van der Waals surface area (Å²) in [6.45, 7) is 9.03. The van der Waals surface area contributed by atoms with Crippen LogP contribution in [0.1, 0.15) is 34.1 Å². The third-order valence-corrected chi connectivity index (χ3v) is 2.88. The van der Waals surface area contributed by atoms with Crippen LogP contribution < -0.4 is 5.32 Å². The first-order chi connectivity index (χ1) is 7.37. The summed E-state index contributed by atoms with van der Waals surface area (Å²) in [5.74, 6) is -0.162. The Morgan fingerprint density at radius 1 is 1.44 bits per heavy atom. The monoisotopic (exact) mass is 230 g/mol. The van der Waals surface area contributed by atoms with Crippen molar-refractivity contribution in [3.63, 3.8) is 0 Å². The van der Waals surface area contributed by atoms with Crippen LogP contribution in [0.4, 0.5) is 0 Å². The van der Waals surface area contributed by atoms with E-state index in [-0.39, 0.29) is 5.97 Å². The Bertz CT molecular complexity index is 219. The smallest absolute Gasteiger partial charge is 0.326 e. The predicted octanol–water partition coefficient (Wildman–Crippen LogP) is 1.26. The Balaban J connectivity index is 4.61. The van der Waals surface area contributed by atoms with Crippen LogP contribution in [0.25, 0.3) is 0 Å². The fraction of sp³-hybridized carbons (Fsp3) is 0.917. The van der Waals surface area contributed by atoms with Gasteiger partial charge in [-0.3, -0.25) is 4.79 Å². The molecule has 0 spiro atoms. The van der Waals surface area contributed by atoms with Crippen molar-refractivity contribution in [1.29, 1.82) is 0 Å². The third-order valence-electron chi connectivity index (χ3n) is 2.88. The van der Waals surface area contributed by atoms with Gasteiger partial charge in [-0.05, 0) is 47.8 Å². The minimum Gasteiger partial charge on any atom is -0.465 e. The Kier molecular flexibility index (Phi) is 6.60. The van der Waals surface area contributed by atoms with Gasteiger partial charge >= 0.3 is 5.97 Å². The van der Waals surface area contributed by atoms with E-state index in [1.807, 2.05) is 34.9 Å². The summed E-state index contributed by atoms with van der Waals surface area (Å²) in [6.07, 6.45) is 0.743. The molecular weight excluding hydrogens is 204 g/mol. The highest BCUT2D eigenvalue weighted by molar-refractivity contribution is 5.80. The third kappa shape index (κ3) is 4.49. The molecule has 4 nitrogen and oxygen atoms in total. The summed E-state index contributed by atoms with van der Waals surface area (Å²) in [4.78, 5) is 14.0. The lowest BCUT2D eigenvalue weighted by atomic mass is 9.93. The number of nitrogens with zero attached hydrogens (tertiary/aromatic N) is 1.